The molecule has 1 saturated carbocycles. The number of rotatable bonds is 3. The standard InChI is InChI=1S/C18H29N/c1-12(2)15-10-16(13(3)4)18(19)17(11-15)14-8-6-5-7-9-14/h10-14H,5-9,19H2,1-4H3. The van der Waals surface area contributed by atoms with Crippen LogP contribution in [0.4, 0.5) is 5.69 Å². The number of hydrogen-bond acceptors (Lipinski definition) is 1. The molecule has 0 aliphatic heterocycles. The number of nitrogens with two attached hydrogens (primary N) is 1. The molecule has 2 rings (SSSR count). The third-order valence-corrected chi connectivity index (χ3v) is 4.60. The van der Waals surface area contributed by atoms with Crippen LogP contribution in [0.5, 0.6) is 0 Å². The van der Waals surface area contributed by atoms with E-state index in [2.05, 4.69) is 39.8 Å². The Morgan fingerprint density at radius 3 is 2.11 bits per heavy atom. The molecule has 106 valence electrons. The zero-order valence-corrected chi connectivity index (χ0v) is 13.0. The van der Waals surface area contributed by atoms with E-state index in [1.807, 2.05) is 0 Å². The van der Waals surface area contributed by atoms with Gasteiger partial charge >= 0.3 is 0 Å². The second-order valence-corrected chi connectivity index (χ2v) is 6.76. The first-order valence-electron chi connectivity index (χ1n) is 7.94. The number of hydrogen-bond donors (Lipinski definition) is 1. The third kappa shape index (κ3) is 3.13. The van der Waals surface area contributed by atoms with Crippen molar-refractivity contribution < 1.29 is 0 Å². The molecule has 1 heteroatoms. The van der Waals surface area contributed by atoms with Crippen molar-refractivity contribution in [1.29, 1.82) is 0 Å². The van der Waals surface area contributed by atoms with Crippen molar-refractivity contribution >= 4 is 5.69 Å². The lowest BCUT2D eigenvalue weighted by molar-refractivity contribution is 0.444. The van der Waals surface area contributed by atoms with Crippen molar-refractivity contribution in [2.75, 3.05) is 5.73 Å². The highest BCUT2D eigenvalue weighted by molar-refractivity contribution is 5.58. The summed E-state index contributed by atoms with van der Waals surface area (Å²) in [5.41, 5.74) is 11.8. The summed E-state index contributed by atoms with van der Waals surface area (Å²) in [5.74, 6) is 1.80. The largest absolute Gasteiger partial charge is 0.398 e. The summed E-state index contributed by atoms with van der Waals surface area (Å²) in [5, 5.41) is 0. The van der Waals surface area contributed by atoms with Gasteiger partial charge in [-0.05, 0) is 47.3 Å². The van der Waals surface area contributed by atoms with Crippen LogP contribution in [-0.2, 0) is 0 Å². The average Bonchev–Trinajstić information content (AvgIpc) is 2.39. The van der Waals surface area contributed by atoms with E-state index in [1.165, 1.54) is 48.8 Å². The van der Waals surface area contributed by atoms with Crippen LogP contribution in [-0.4, -0.2) is 0 Å². The van der Waals surface area contributed by atoms with E-state index < -0.39 is 0 Å². The minimum Gasteiger partial charge on any atom is -0.398 e. The molecular formula is C18H29N. The molecule has 1 aliphatic rings. The molecule has 0 aromatic heterocycles. The number of nitrogen functional groups attached to an aromatic ring is 1. The van der Waals surface area contributed by atoms with Crippen LogP contribution in [0, 0.1) is 0 Å². The Morgan fingerprint density at radius 2 is 1.58 bits per heavy atom. The summed E-state index contributed by atoms with van der Waals surface area (Å²) in [7, 11) is 0. The van der Waals surface area contributed by atoms with Gasteiger partial charge in [0, 0.05) is 5.69 Å². The number of anilines is 1. The van der Waals surface area contributed by atoms with E-state index in [0.29, 0.717) is 17.8 Å². The molecule has 0 spiro atoms. The summed E-state index contributed by atoms with van der Waals surface area (Å²) >= 11 is 0. The Hall–Kier alpha value is -0.980. The molecule has 1 aromatic carbocycles. The maximum atomic E-state index is 6.48. The summed E-state index contributed by atoms with van der Waals surface area (Å²) in [6, 6.07) is 4.72. The van der Waals surface area contributed by atoms with Gasteiger partial charge in [0.25, 0.3) is 0 Å². The molecule has 1 aromatic rings. The summed E-state index contributed by atoms with van der Waals surface area (Å²) < 4.78 is 0. The van der Waals surface area contributed by atoms with E-state index in [9.17, 15) is 0 Å². The van der Waals surface area contributed by atoms with Crippen LogP contribution in [0.1, 0.15) is 94.2 Å². The van der Waals surface area contributed by atoms with Crippen molar-refractivity contribution in [3.63, 3.8) is 0 Å². The number of benzene rings is 1. The second-order valence-electron chi connectivity index (χ2n) is 6.76. The topological polar surface area (TPSA) is 26.0 Å². The van der Waals surface area contributed by atoms with Gasteiger partial charge in [-0.15, -0.1) is 0 Å². The fourth-order valence-corrected chi connectivity index (χ4v) is 3.29. The molecule has 1 nitrogen and oxygen atoms in total. The van der Waals surface area contributed by atoms with Crippen molar-refractivity contribution in [3.05, 3.63) is 28.8 Å². The van der Waals surface area contributed by atoms with Crippen LogP contribution in [0.2, 0.25) is 0 Å². The molecule has 0 bridgehead atoms. The van der Waals surface area contributed by atoms with Crippen LogP contribution in [0.15, 0.2) is 12.1 Å². The van der Waals surface area contributed by atoms with Crippen LogP contribution in [0.25, 0.3) is 0 Å². The molecule has 0 unspecified atom stereocenters. The lowest BCUT2D eigenvalue weighted by Gasteiger charge is -2.26. The van der Waals surface area contributed by atoms with Gasteiger partial charge in [0.1, 0.15) is 0 Å². The fraction of sp³-hybridized carbons (Fsp3) is 0.667. The van der Waals surface area contributed by atoms with E-state index in [-0.39, 0.29) is 0 Å². The summed E-state index contributed by atoms with van der Waals surface area (Å²) in [6.45, 7) is 9.06. The molecular weight excluding hydrogens is 230 g/mol. The predicted molar refractivity (Wildman–Crippen MR) is 84.9 cm³/mol. The quantitative estimate of drug-likeness (QED) is 0.706. The first-order chi connectivity index (χ1) is 9.00. The highest BCUT2D eigenvalue weighted by atomic mass is 14.6. The van der Waals surface area contributed by atoms with Crippen molar-refractivity contribution in [2.24, 2.45) is 0 Å². The summed E-state index contributed by atoms with van der Waals surface area (Å²) in [4.78, 5) is 0. The molecule has 2 N–H and O–H groups in total. The molecule has 0 amide bonds. The Kier molecular flexibility index (Phi) is 4.54. The zero-order valence-electron chi connectivity index (χ0n) is 13.0. The normalized spacial score (nSPS) is 17.4. The molecule has 0 heterocycles. The zero-order chi connectivity index (χ0) is 14.0. The minimum absolute atomic E-state index is 0.515. The molecule has 0 radical (unpaired) electrons. The van der Waals surface area contributed by atoms with E-state index >= 15 is 0 Å². The Morgan fingerprint density at radius 1 is 0.947 bits per heavy atom. The molecule has 1 fully saturated rings. The van der Waals surface area contributed by atoms with Gasteiger partial charge in [-0.1, -0.05) is 59.1 Å². The Labute approximate surface area is 118 Å². The van der Waals surface area contributed by atoms with E-state index in [1.54, 1.807) is 0 Å². The van der Waals surface area contributed by atoms with E-state index in [0.717, 1.165) is 5.69 Å². The maximum Gasteiger partial charge on any atom is 0.0384 e. The van der Waals surface area contributed by atoms with Gasteiger partial charge in [-0.2, -0.15) is 0 Å². The van der Waals surface area contributed by atoms with Gasteiger partial charge < -0.3 is 5.73 Å². The van der Waals surface area contributed by atoms with E-state index in [4.69, 9.17) is 5.73 Å². The Balaban J connectivity index is 2.45. The molecule has 0 atom stereocenters. The van der Waals surface area contributed by atoms with Crippen molar-refractivity contribution in [2.45, 2.75) is 77.6 Å². The third-order valence-electron chi connectivity index (χ3n) is 4.60. The second kappa shape index (κ2) is 5.98. The van der Waals surface area contributed by atoms with Gasteiger partial charge in [-0.3, -0.25) is 0 Å². The van der Waals surface area contributed by atoms with Crippen LogP contribution in [0.3, 0.4) is 0 Å². The first kappa shape index (κ1) is 14.4. The predicted octanol–water partition coefficient (Wildman–Crippen LogP) is 5.56. The van der Waals surface area contributed by atoms with Gasteiger partial charge in [0.15, 0.2) is 0 Å². The van der Waals surface area contributed by atoms with Crippen molar-refractivity contribution in [1.82, 2.24) is 0 Å². The molecule has 0 saturated heterocycles. The highest BCUT2D eigenvalue weighted by Gasteiger charge is 2.21. The lowest BCUT2D eigenvalue weighted by Crippen LogP contribution is -2.11. The fourth-order valence-electron chi connectivity index (χ4n) is 3.29. The summed E-state index contributed by atoms with van der Waals surface area (Å²) in [6.07, 6.45) is 6.78. The highest BCUT2D eigenvalue weighted by Crippen LogP contribution is 2.40. The maximum absolute atomic E-state index is 6.48. The van der Waals surface area contributed by atoms with Crippen LogP contribution < -0.4 is 5.73 Å². The molecule has 19 heavy (non-hydrogen) atoms. The first-order valence-corrected chi connectivity index (χ1v) is 7.94. The monoisotopic (exact) mass is 259 g/mol. The van der Waals surface area contributed by atoms with Crippen molar-refractivity contribution in [3.8, 4) is 0 Å². The smallest absolute Gasteiger partial charge is 0.0384 e. The lowest BCUT2D eigenvalue weighted by atomic mass is 9.80. The van der Waals surface area contributed by atoms with Gasteiger partial charge in [0.05, 0.1) is 0 Å². The minimum atomic E-state index is 0.515. The van der Waals surface area contributed by atoms with Gasteiger partial charge in [0.2, 0.25) is 0 Å². The van der Waals surface area contributed by atoms with Gasteiger partial charge in [-0.25, -0.2) is 0 Å². The molecule has 1 aliphatic carbocycles. The Bertz CT molecular complexity index is 426. The van der Waals surface area contributed by atoms with Crippen LogP contribution >= 0.6 is 0 Å². The SMILES string of the molecule is CC(C)c1cc(C(C)C)c(N)c(C2CCCCC2)c1. The average molecular weight is 259 g/mol.